The summed E-state index contributed by atoms with van der Waals surface area (Å²) in [4.78, 5) is 49.5. The van der Waals surface area contributed by atoms with Crippen LogP contribution in [0, 0.1) is 0 Å². The number of carbonyl (C=O) groups is 4. The van der Waals surface area contributed by atoms with Gasteiger partial charge in [0.15, 0.2) is 12.2 Å². The minimum absolute atomic E-state index is 0.107. The number of esters is 4. The second-order valence-corrected chi connectivity index (χ2v) is 12.0. The number of ether oxygens (including phenoxy) is 6. The molecule has 2 fully saturated rings. The van der Waals surface area contributed by atoms with E-state index in [4.69, 9.17) is 28.4 Å². The summed E-state index contributed by atoms with van der Waals surface area (Å²) in [7, 11) is 0. The van der Waals surface area contributed by atoms with Crippen LogP contribution in [-0.4, -0.2) is 61.5 Å². The summed E-state index contributed by atoms with van der Waals surface area (Å²) in [6.45, 7) is 10.5. The number of fused-ring (bicyclic) bond motifs is 1. The lowest BCUT2D eigenvalue weighted by Gasteiger charge is -2.17. The Morgan fingerprint density at radius 2 is 0.820 bits per heavy atom. The van der Waals surface area contributed by atoms with Crippen molar-refractivity contribution in [1.82, 2.24) is 0 Å². The van der Waals surface area contributed by atoms with Crippen LogP contribution in [-0.2, 0) is 28.5 Å². The van der Waals surface area contributed by atoms with Crippen molar-refractivity contribution in [2.75, 3.05) is 13.2 Å². The van der Waals surface area contributed by atoms with E-state index in [2.05, 4.69) is 13.2 Å². The molecule has 10 nitrogen and oxygen atoms in total. The van der Waals surface area contributed by atoms with E-state index in [1.165, 1.54) is 0 Å². The molecule has 4 aromatic carbocycles. The zero-order valence-corrected chi connectivity index (χ0v) is 27.5. The van der Waals surface area contributed by atoms with Crippen LogP contribution >= 0.6 is 0 Å². The van der Waals surface area contributed by atoms with Gasteiger partial charge in [0.25, 0.3) is 0 Å². The van der Waals surface area contributed by atoms with Gasteiger partial charge in [-0.3, -0.25) is 0 Å². The normalized spacial score (nSPS) is 19.2. The molecule has 10 heteroatoms. The molecule has 0 N–H and O–H groups in total. The highest BCUT2D eigenvalue weighted by Crippen LogP contribution is 2.32. The first-order valence-corrected chi connectivity index (χ1v) is 15.9. The SMILES string of the molecule is C=C(C)C(=O)Oc1ccc(-c2ccc(C(=O)O[C@H]3CO[C@H]4[C@@H]3OC[C@H]4OC(=O)c3ccc(-c4ccc(OC(=O)C(=C)C)cc4)cc3)cc2)cc1. The summed E-state index contributed by atoms with van der Waals surface area (Å²) < 4.78 is 33.7. The number of benzene rings is 4. The molecule has 4 aromatic rings. The van der Waals surface area contributed by atoms with Crippen LogP contribution in [0.5, 0.6) is 11.5 Å². The van der Waals surface area contributed by atoms with Crippen molar-refractivity contribution in [1.29, 1.82) is 0 Å². The van der Waals surface area contributed by atoms with E-state index in [1.54, 1.807) is 86.6 Å². The van der Waals surface area contributed by atoms with Crippen molar-refractivity contribution >= 4 is 23.9 Å². The molecule has 0 aliphatic carbocycles. The molecular weight excluding hydrogens is 640 g/mol. The van der Waals surface area contributed by atoms with E-state index < -0.39 is 48.3 Å². The maximum Gasteiger partial charge on any atom is 0.338 e. The molecule has 2 heterocycles. The van der Waals surface area contributed by atoms with Gasteiger partial charge in [-0.05, 0) is 84.6 Å². The van der Waals surface area contributed by atoms with Crippen molar-refractivity contribution in [2.45, 2.75) is 38.3 Å². The molecule has 50 heavy (non-hydrogen) atoms. The average molecular weight is 675 g/mol. The summed E-state index contributed by atoms with van der Waals surface area (Å²) in [5.74, 6) is -1.23. The van der Waals surface area contributed by atoms with Gasteiger partial charge in [-0.2, -0.15) is 0 Å². The van der Waals surface area contributed by atoms with Gasteiger partial charge in [0, 0.05) is 11.1 Å². The lowest BCUT2D eigenvalue weighted by atomic mass is 10.0. The third-order valence-corrected chi connectivity index (χ3v) is 8.21. The van der Waals surface area contributed by atoms with Crippen LogP contribution in [0.3, 0.4) is 0 Å². The van der Waals surface area contributed by atoms with Crippen LogP contribution in [0.15, 0.2) is 121 Å². The first-order valence-electron chi connectivity index (χ1n) is 15.9. The zero-order chi connectivity index (χ0) is 35.4. The molecule has 6 rings (SSSR count). The van der Waals surface area contributed by atoms with Crippen LogP contribution in [0.25, 0.3) is 22.3 Å². The molecule has 0 spiro atoms. The topological polar surface area (TPSA) is 124 Å². The highest BCUT2D eigenvalue weighted by atomic mass is 16.7. The highest BCUT2D eigenvalue weighted by Gasteiger charge is 2.51. The molecule has 254 valence electrons. The Morgan fingerprint density at radius 3 is 1.12 bits per heavy atom. The van der Waals surface area contributed by atoms with E-state index in [0.29, 0.717) is 33.8 Å². The standard InChI is InChI=1S/C40H34O10/c1-23(2)37(41)47-31-17-13-27(14-18-31)25-5-9-29(10-6-25)39(43)49-33-21-45-36-34(22-46-35(33)36)50-40(44)30-11-7-26(8-12-30)28-15-19-32(20-16-28)48-38(42)24(3)4/h5-20,33-36H,1,3,21-22H2,2,4H3/t33-,34+,35-,36-/m1/s1. The van der Waals surface area contributed by atoms with E-state index in [9.17, 15) is 19.2 Å². The Morgan fingerprint density at radius 1 is 0.520 bits per heavy atom. The second-order valence-electron chi connectivity index (χ2n) is 12.0. The number of carbonyl (C=O) groups excluding carboxylic acids is 4. The Kier molecular flexibility index (Phi) is 10.0. The zero-order valence-electron chi connectivity index (χ0n) is 27.5. The van der Waals surface area contributed by atoms with Crippen molar-refractivity contribution < 1.29 is 47.6 Å². The van der Waals surface area contributed by atoms with Crippen LogP contribution in [0.4, 0.5) is 0 Å². The van der Waals surface area contributed by atoms with Crippen LogP contribution in [0.2, 0.25) is 0 Å². The van der Waals surface area contributed by atoms with E-state index in [-0.39, 0.29) is 13.2 Å². The number of rotatable bonds is 10. The summed E-state index contributed by atoms with van der Waals surface area (Å²) in [6, 6.07) is 27.9. The Bertz CT molecular complexity index is 1780. The monoisotopic (exact) mass is 674 g/mol. The minimum Gasteiger partial charge on any atom is -0.453 e. The fraction of sp³-hybridized carbons (Fsp3) is 0.200. The average Bonchev–Trinajstić information content (AvgIpc) is 3.71. The first-order chi connectivity index (χ1) is 24.0. The van der Waals surface area contributed by atoms with Crippen LogP contribution in [0.1, 0.15) is 34.6 Å². The fourth-order valence-electron chi connectivity index (χ4n) is 5.46. The summed E-state index contributed by atoms with van der Waals surface area (Å²) in [5.41, 5.74) is 4.80. The van der Waals surface area contributed by atoms with Gasteiger partial charge in [-0.1, -0.05) is 61.7 Å². The van der Waals surface area contributed by atoms with Gasteiger partial charge >= 0.3 is 23.9 Å². The van der Waals surface area contributed by atoms with E-state index >= 15 is 0 Å². The molecular formula is C40H34O10. The van der Waals surface area contributed by atoms with Gasteiger partial charge in [-0.15, -0.1) is 0 Å². The summed E-state index contributed by atoms with van der Waals surface area (Å²) in [5, 5.41) is 0. The Labute approximate surface area is 288 Å². The molecule has 0 amide bonds. The maximum atomic E-state index is 13.0. The molecule has 0 saturated carbocycles. The quantitative estimate of drug-likeness (QED) is 0.104. The second kappa shape index (κ2) is 14.7. The molecule has 2 aliphatic heterocycles. The summed E-state index contributed by atoms with van der Waals surface area (Å²) >= 11 is 0. The largest absolute Gasteiger partial charge is 0.453 e. The predicted molar refractivity (Wildman–Crippen MR) is 183 cm³/mol. The highest BCUT2D eigenvalue weighted by molar-refractivity contribution is 5.91. The van der Waals surface area contributed by atoms with Gasteiger partial charge in [0.2, 0.25) is 0 Å². The Balaban J connectivity index is 0.998. The van der Waals surface area contributed by atoms with E-state index in [0.717, 1.165) is 22.3 Å². The van der Waals surface area contributed by atoms with Gasteiger partial charge < -0.3 is 28.4 Å². The number of hydrogen-bond acceptors (Lipinski definition) is 10. The molecule has 0 unspecified atom stereocenters. The van der Waals surface area contributed by atoms with Crippen molar-refractivity contribution in [3.8, 4) is 33.8 Å². The van der Waals surface area contributed by atoms with Gasteiger partial charge in [-0.25, -0.2) is 19.2 Å². The molecule has 2 saturated heterocycles. The van der Waals surface area contributed by atoms with Crippen LogP contribution < -0.4 is 9.47 Å². The van der Waals surface area contributed by atoms with Crippen molar-refractivity contribution in [3.63, 3.8) is 0 Å². The summed E-state index contributed by atoms with van der Waals surface area (Å²) in [6.07, 6.45) is -2.48. The van der Waals surface area contributed by atoms with Gasteiger partial charge in [0.1, 0.15) is 23.7 Å². The minimum atomic E-state index is -0.666. The van der Waals surface area contributed by atoms with Gasteiger partial charge in [0.05, 0.1) is 24.3 Å². The van der Waals surface area contributed by atoms with Crippen molar-refractivity contribution in [2.24, 2.45) is 0 Å². The third-order valence-electron chi connectivity index (χ3n) is 8.21. The molecule has 2 aliphatic rings. The maximum absolute atomic E-state index is 13.0. The lowest BCUT2D eigenvalue weighted by molar-refractivity contribution is -0.130. The third kappa shape index (κ3) is 7.72. The van der Waals surface area contributed by atoms with E-state index in [1.807, 2.05) is 24.3 Å². The molecule has 0 radical (unpaired) electrons. The molecule has 0 bridgehead atoms. The predicted octanol–water partition coefficient (Wildman–Crippen LogP) is 6.53. The first kappa shape index (κ1) is 34.0. The van der Waals surface area contributed by atoms with Crippen molar-refractivity contribution in [3.05, 3.63) is 132 Å². The fourth-order valence-corrected chi connectivity index (χ4v) is 5.46. The lowest BCUT2D eigenvalue weighted by Crippen LogP contribution is -2.36. The molecule has 0 aromatic heterocycles. The molecule has 4 atom stereocenters. The Hall–Kier alpha value is -5.84. The smallest absolute Gasteiger partial charge is 0.338 e. The number of hydrogen-bond donors (Lipinski definition) is 0.